The van der Waals surface area contributed by atoms with E-state index in [0.717, 1.165) is 27.8 Å². The Balaban J connectivity index is 2.92. The Morgan fingerprint density at radius 2 is 1.90 bits per heavy atom. The quantitative estimate of drug-likeness (QED) is 0.663. The largest absolute Gasteiger partial charge is 0.497 e. The van der Waals surface area contributed by atoms with Crippen molar-refractivity contribution in [3.63, 3.8) is 0 Å². The number of methoxy groups -OCH3 is 2. The third kappa shape index (κ3) is 2.25. The minimum Gasteiger partial charge on any atom is -0.497 e. The lowest BCUT2D eigenvalue weighted by molar-refractivity contribution is 0.398. The lowest BCUT2D eigenvalue weighted by Gasteiger charge is -2.19. The molecule has 0 fully saturated rings. The van der Waals surface area contributed by atoms with Gasteiger partial charge in [-0.25, -0.2) is 0 Å². The van der Waals surface area contributed by atoms with Gasteiger partial charge in [0.1, 0.15) is 11.5 Å². The van der Waals surface area contributed by atoms with Gasteiger partial charge in [0.05, 0.1) is 30.8 Å². The van der Waals surface area contributed by atoms with Crippen LogP contribution >= 0.6 is 0 Å². The SMILES string of the molecule is COc1cc(OC)c2c(NN)c(C(C)C)c(C)nc2c1. The summed E-state index contributed by atoms with van der Waals surface area (Å²) in [6, 6.07) is 3.72. The molecule has 3 N–H and O–H groups in total. The van der Waals surface area contributed by atoms with Crippen LogP contribution < -0.4 is 20.7 Å². The Hall–Kier alpha value is -2.01. The second-order valence-corrected chi connectivity index (χ2v) is 5.01. The first kappa shape index (κ1) is 14.4. The van der Waals surface area contributed by atoms with Gasteiger partial charge in [0.25, 0.3) is 0 Å². The van der Waals surface area contributed by atoms with Crippen LogP contribution in [0.5, 0.6) is 11.5 Å². The summed E-state index contributed by atoms with van der Waals surface area (Å²) in [5, 5.41) is 0.880. The van der Waals surface area contributed by atoms with Crippen molar-refractivity contribution in [2.45, 2.75) is 26.7 Å². The number of hydrazine groups is 1. The highest BCUT2D eigenvalue weighted by Crippen LogP contribution is 2.40. The number of hydrogen-bond donors (Lipinski definition) is 2. The molecule has 0 aliphatic carbocycles. The molecule has 2 rings (SSSR count). The third-order valence-corrected chi connectivity index (χ3v) is 3.43. The molecule has 0 atom stereocenters. The maximum Gasteiger partial charge on any atom is 0.134 e. The number of nitrogens with two attached hydrogens (primary N) is 1. The van der Waals surface area contributed by atoms with Gasteiger partial charge in [0, 0.05) is 23.4 Å². The van der Waals surface area contributed by atoms with Crippen molar-refractivity contribution >= 4 is 16.6 Å². The van der Waals surface area contributed by atoms with Gasteiger partial charge >= 0.3 is 0 Å². The van der Waals surface area contributed by atoms with Crippen LogP contribution in [0.3, 0.4) is 0 Å². The zero-order chi connectivity index (χ0) is 14.9. The van der Waals surface area contributed by atoms with Gasteiger partial charge in [-0.15, -0.1) is 0 Å². The second-order valence-electron chi connectivity index (χ2n) is 5.01. The summed E-state index contributed by atoms with van der Waals surface area (Å²) in [5.74, 6) is 7.47. The van der Waals surface area contributed by atoms with Crippen LogP contribution in [0, 0.1) is 6.92 Å². The van der Waals surface area contributed by atoms with Crippen molar-refractivity contribution < 1.29 is 9.47 Å². The van der Waals surface area contributed by atoms with Gasteiger partial charge in [-0.3, -0.25) is 10.8 Å². The van der Waals surface area contributed by atoms with E-state index in [1.807, 2.05) is 19.1 Å². The number of nitrogen functional groups attached to an aromatic ring is 1. The molecule has 0 amide bonds. The average Bonchev–Trinajstić information content (AvgIpc) is 2.43. The van der Waals surface area contributed by atoms with Crippen LogP contribution in [0.2, 0.25) is 0 Å². The number of ether oxygens (including phenoxy) is 2. The van der Waals surface area contributed by atoms with E-state index in [-0.39, 0.29) is 0 Å². The number of hydrogen-bond acceptors (Lipinski definition) is 5. The first-order valence-electron chi connectivity index (χ1n) is 6.56. The number of rotatable bonds is 4. The summed E-state index contributed by atoms with van der Waals surface area (Å²) in [4.78, 5) is 4.67. The summed E-state index contributed by atoms with van der Waals surface area (Å²) >= 11 is 0. The molecule has 0 radical (unpaired) electrons. The van der Waals surface area contributed by atoms with E-state index in [1.165, 1.54) is 0 Å². The minimum absolute atomic E-state index is 0.310. The molecule has 1 aromatic carbocycles. The molecule has 2 aromatic rings. The number of nitrogens with zero attached hydrogens (tertiary/aromatic N) is 1. The van der Waals surface area contributed by atoms with Crippen molar-refractivity contribution in [1.82, 2.24) is 4.98 Å². The maximum absolute atomic E-state index is 5.75. The number of pyridine rings is 1. The number of fused-ring (bicyclic) bond motifs is 1. The normalized spacial score (nSPS) is 10.9. The molecule has 5 nitrogen and oxygen atoms in total. The number of anilines is 1. The van der Waals surface area contributed by atoms with E-state index >= 15 is 0 Å². The standard InChI is InChI=1S/C15H21N3O2/c1-8(2)13-9(3)17-11-6-10(19-4)7-12(20-5)14(11)15(13)18-16/h6-8H,16H2,1-5H3,(H,17,18). The van der Waals surface area contributed by atoms with Crippen LogP contribution in [0.15, 0.2) is 12.1 Å². The maximum atomic E-state index is 5.75. The molecule has 20 heavy (non-hydrogen) atoms. The summed E-state index contributed by atoms with van der Waals surface area (Å²) in [7, 11) is 3.25. The minimum atomic E-state index is 0.310. The fourth-order valence-electron chi connectivity index (χ4n) is 2.61. The van der Waals surface area contributed by atoms with Crippen molar-refractivity contribution in [2.24, 2.45) is 5.84 Å². The topological polar surface area (TPSA) is 69.4 Å². The summed E-state index contributed by atoms with van der Waals surface area (Å²) < 4.78 is 10.8. The number of nitrogens with one attached hydrogen (secondary N) is 1. The van der Waals surface area contributed by atoms with Gasteiger partial charge in [0.2, 0.25) is 0 Å². The van der Waals surface area contributed by atoms with Crippen molar-refractivity contribution in [3.8, 4) is 11.5 Å². The van der Waals surface area contributed by atoms with E-state index in [2.05, 4.69) is 24.3 Å². The predicted molar refractivity (Wildman–Crippen MR) is 81.5 cm³/mol. The molecule has 0 aliphatic rings. The first-order chi connectivity index (χ1) is 9.53. The van der Waals surface area contributed by atoms with Gasteiger partial charge in [-0.2, -0.15) is 0 Å². The molecule has 0 spiro atoms. The van der Waals surface area contributed by atoms with Crippen molar-refractivity contribution in [3.05, 3.63) is 23.4 Å². The van der Waals surface area contributed by atoms with E-state index in [0.29, 0.717) is 17.4 Å². The van der Waals surface area contributed by atoms with E-state index in [4.69, 9.17) is 15.3 Å². The lowest BCUT2D eigenvalue weighted by Crippen LogP contribution is -2.13. The molecule has 108 valence electrons. The average molecular weight is 275 g/mol. The molecule has 0 saturated heterocycles. The Bertz CT molecular complexity index is 639. The summed E-state index contributed by atoms with van der Waals surface area (Å²) in [5.41, 5.74) is 6.53. The number of benzene rings is 1. The Morgan fingerprint density at radius 3 is 2.40 bits per heavy atom. The van der Waals surface area contributed by atoms with Crippen LogP contribution in [0.1, 0.15) is 31.0 Å². The fourth-order valence-corrected chi connectivity index (χ4v) is 2.61. The second kappa shape index (κ2) is 5.54. The molecule has 0 saturated carbocycles. The molecule has 0 aliphatic heterocycles. The van der Waals surface area contributed by atoms with Crippen molar-refractivity contribution in [2.75, 3.05) is 19.6 Å². The molecule has 0 bridgehead atoms. The highest BCUT2D eigenvalue weighted by atomic mass is 16.5. The number of aromatic nitrogens is 1. The lowest BCUT2D eigenvalue weighted by atomic mass is 9.96. The molecular formula is C15H21N3O2. The van der Waals surface area contributed by atoms with E-state index < -0.39 is 0 Å². The Kier molecular flexibility index (Phi) is 3.99. The van der Waals surface area contributed by atoms with Crippen LogP contribution in [-0.4, -0.2) is 19.2 Å². The molecule has 5 heteroatoms. The third-order valence-electron chi connectivity index (χ3n) is 3.43. The molecular weight excluding hydrogens is 254 g/mol. The Labute approximate surface area is 119 Å². The van der Waals surface area contributed by atoms with Crippen LogP contribution in [0.4, 0.5) is 5.69 Å². The monoisotopic (exact) mass is 275 g/mol. The summed E-state index contributed by atoms with van der Waals surface area (Å²) in [6.07, 6.45) is 0. The number of aryl methyl sites for hydroxylation is 1. The molecule has 1 heterocycles. The zero-order valence-electron chi connectivity index (χ0n) is 12.6. The van der Waals surface area contributed by atoms with E-state index in [9.17, 15) is 0 Å². The smallest absolute Gasteiger partial charge is 0.134 e. The van der Waals surface area contributed by atoms with Crippen LogP contribution in [-0.2, 0) is 0 Å². The van der Waals surface area contributed by atoms with Gasteiger partial charge in [0.15, 0.2) is 0 Å². The van der Waals surface area contributed by atoms with Crippen molar-refractivity contribution in [1.29, 1.82) is 0 Å². The predicted octanol–water partition coefficient (Wildman–Crippen LogP) is 2.97. The van der Waals surface area contributed by atoms with Gasteiger partial charge in [-0.05, 0) is 12.8 Å². The Morgan fingerprint density at radius 1 is 1.20 bits per heavy atom. The van der Waals surface area contributed by atoms with Gasteiger partial charge in [-0.1, -0.05) is 13.8 Å². The van der Waals surface area contributed by atoms with Crippen LogP contribution in [0.25, 0.3) is 10.9 Å². The fraction of sp³-hybridized carbons (Fsp3) is 0.400. The molecule has 0 unspecified atom stereocenters. The van der Waals surface area contributed by atoms with Gasteiger partial charge < -0.3 is 14.9 Å². The summed E-state index contributed by atoms with van der Waals surface area (Å²) in [6.45, 7) is 6.22. The zero-order valence-corrected chi connectivity index (χ0v) is 12.6. The molecule has 1 aromatic heterocycles. The highest BCUT2D eigenvalue weighted by molar-refractivity contribution is 5.99. The van der Waals surface area contributed by atoms with E-state index in [1.54, 1.807) is 14.2 Å². The first-order valence-corrected chi connectivity index (χ1v) is 6.56. The highest BCUT2D eigenvalue weighted by Gasteiger charge is 2.18.